The summed E-state index contributed by atoms with van der Waals surface area (Å²) in [5, 5.41) is 6.74. The zero-order chi connectivity index (χ0) is 37.5. The van der Waals surface area contributed by atoms with Gasteiger partial charge in [0.25, 0.3) is 0 Å². The van der Waals surface area contributed by atoms with Crippen molar-refractivity contribution < 1.29 is 8.83 Å². The third-order valence-corrected chi connectivity index (χ3v) is 12.2. The van der Waals surface area contributed by atoms with Crippen LogP contribution in [0.2, 0.25) is 0 Å². The van der Waals surface area contributed by atoms with Crippen molar-refractivity contribution in [3.63, 3.8) is 0 Å². The van der Waals surface area contributed by atoms with Gasteiger partial charge in [0.05, 0.1) is 0 Å². The van der Waals surface area contributed by atoms with Crippen molar-refractivity contribution in [3.8, 4) is 56.4 Å². The standard InChI is InChI=1S/C51H29N3O2S/c1-3-12-30(13-4-1)35-26-25-34(46-39-17-8-10-21-43(39)56-47(35)46)32-23-27-45-41(28-32)38-18-11-19-40(48(38)57-45)51-53-49(31-14-5-2-6-15-31)52-50(54-51)33-22-24-37-36-16-7-9-20-42(36)55-44(37)29-33/h1-29H. The van der Waals surface area contributed by atoms with Crippen LogP contribution in [0.5, 0.6) is 0 Å². The predicted molar refractivity (Wildman–Crippen MR) is 234 cm³/mol. The van der Waals surface area contributed by atoms with Gasteiger partial charge in [-0.3, -0.25) is 0 Å². The Hall–Kier alpha value is -7.41. The van der Waals surface area contributed by atoms with Gasteiger partial charge >= 0.3 is 0 Å². The second-order valence-electron chi connectivity index (χ2n) is 14.3. The molecule has 0 saturated heterocycles. The fourth-order valence-corrected chi connectivity index (χ4v) is 9.45. The molecular weight excluding hydrogens is 719 g/mol. The van der Waals surface area contributed by atoms with Crippen molar-refractivity contribution in [1.82, 2.24) is 15.0 Å². The molecular formula is C51H29N3O2S. The summed E-state index contributed by atoms with van der Waals surface area (Å²) >= 11 is 1.77. The van der Waals surface area contributed by atoms with Gasteiger partial charge in [0.15, 0.2) is 17.5 Å². The third kappa shape index (κ3) is 5.12. The molecule has 0 radical (unpaired) electrons. The van der Waals surface area contributed by atoms with Crippen LogP contribution in [-0.4, -0.2) is 15.0 Å². The number of hydrogen-bond donors (Lipinski definition) is 0. The monoisotopic (exact) mass is 747 g/mol. The Morgan fingerprint density at radius 3 is 1.81 bits per heavy atom. The van der Waals surface area contributed by atoms with Crippen LogP contribution < -0.4 is 0 Å². The van der Waals surface area contributed by atoms with E-state index in [1.807, 2.05) is 66.7 Å². The second kappa shape index (κ2) is 12.6. The van der Waals surface area contributed by atoms with E-state index in [-0.39, 0.29) is 0 Å². The highest BCUT2D eigenvalue weighted by atomic mass is 32.1. The zero-order valence-corrected chi connectivity index (χ0v) is 31.1. The SMILES string of the molecule is c1ccc(-c2nc(-c3ccc4c(c3)oc3ccccc34)nc(-c3cccc4c3sc3ccc(-c5ccc(-c6ccccc6)c6oc7ccccc7c56)cc34)n2)cc1. The van der Waals surface area contributed by atoms with E-state index in [2.05, 4.69) is 109 Å². The maximum atomic E-state index is 6.60. The number of thiophene rings is 1. The lowest BCUT2D eigenvalue weighted by Gasteiger charge is -2.09. The van der Waals surface area contributed by atoms with Gasteiger partial charge < -0.3 is 8.83 Å². The molecule has 12 aromatic rings. The van der Waals surface area contributed by atoms with Crippen LogP contribution in [0.3, 0.4) is 0 Å². The van der Waals surface area contributed by atoms with Crippen molar-refractivity contribution in [3.05, 3.63) is 176 Å². The molecule has 0 aliphatic heterocycles. The largest absolute Gasteiger partial charge is 0.456 e. The Bertz CT molecular complexity index is 3530. The van der Waals surface area contributed by atoms with E-state index < -0.39 is 0 Å². The lowest BCUT2D eigenvalue weighted by atomic mass is 9.94. The molecule has 5 nitrogen and oxygen atoms in total. The van der Waals surface area contributed by atoms with Crippen molar-refractivity contribution in [1.29, 1.82) is 0 Å². The molecule has 0 saturated carbocycles. The highest BCUT2D eigenvalue weighted by Crippen LogP contribution is 2.45. The number of benzene rings is 8. The van der Waals surface area contributed by atoms with E-state index in [1.165, 1.54) is 10.1 Å². The molecule has 0 atom stereocenters. The van der Waals surface area contributed by atoms with E-state index in [0.717, 1.165) is 92.9 Å². The van der Waals surface area contributed by atoms with Crippen molar-refractivity contribution in [2.45, 2.75) is 0 Å². The molecule has 4 aromatic heterocycles. The minimum Gasteiger partial charge on any atom is -0.456 e. The highest BCUT2D eigenvalue weighted by Gasteiger charge is 2.20. The highest BCUT2D eigenvalue weighted by molar-refractivity contribution is 7.26. The second-order valence-corrected chi connectivity index (χ2v) is 15.4. The number of rotatable bonds is 5. The van der Waals surface area contributed by atoms with Gasteiger partial charge in [-0.1, -0.05) is 127 Å². The fourth-order valence-electron chi connectivity index (χ4n) is 8.26. The van der Waals surface area contributed by atoms with Gasteiger partial charge in [0, 0.05) is 64.0 Å². The molecule has 0 fully saturated rings. The molecule has 0 aliphatic carbocycles. The predicted octanol–water partition coefficient (Wildman–Crippen LogP) is 14.4. The summed E-state index contributed by atoms with van der Waals surface area (Å²) in [6.45, 7) is 0. The lowest BCUT2D eigenvalue weighted by molar-refractivity contribution is 0.669. The number of hydrogen-bond acceptors (Lipinski definition) is 6. The molecule has 0 bridgehead atoms. The molecule has 12 rings (SSSR count). The maximum Gasteiger partial charge on any atom is 0.165 e. The Morgan fingerprint density at radius 1 is 0.351 bits per heavy atom. The van der Waals surface area contributed by atoms with Crippen molar-refractivity contribution >= 4 is 75.4 Å². The van der Waals surface area contributed by atoms with Crippen LogP contribution in [-0.2, 0) is 0 Å². The van der Waals surface area contributed by atoms with Crippen molar-refractivity contribution in [2.24, 2.45) is 0 Å². The average molecular weight is 748 g/mol. The number of fused-ring (bicyclic) bond motifs is 9. The number of nitrogens with zero attached hydrogens (tertiary/aromatic N) is 3. The van der Waals surface area contributed by atoms with E-state index in [0.29, 0.717) is 17.5 Å². The Balaban J connectivity index is 1.03. The first kappa shape index (κ1) is 31.9. The van der Waals surface area contributed by atoms with Gasteiger partial charge in [-0.25, -0.2) is 15.0 Å². The first-order valence-corrected chi connectivity index (χ1v) is 19.7. The summed E-state index contributed by atoms with van der Waals surface area (Å²) in [5.41, 5.74) is 10.7. The summed E-state index contributed by atoms with van der Waals surface area (Å²) in [6, 6.07) is 60.9. The molecule has 6 heteroatoms. The van der Waals surface area contributed by atoms with E-state index in [9.17, 15) is 0 Å². The number of para-hydroxylation sites is 2. The summed E-state index contributed by atoms with van der Waals surface area (Å²) in [6.07, 6.45) is 0. The van der Waals surface area contributed by atoms with E-state index in [4.69, 9.17) is 23.8 Å². The van der Waals surface area contributed by atoms with Gasteiger partial charge in [-0.2, -0.15) is 0 Å². The van der Waals surface area contributed by atoms with Crippen LogP contribution in [0.1, 0.15) is 0 Å². The molecule has 0 spiro atoms. The van der Waals surface area contributed by atoms with Crippen LogP contribution in [0.4, 0.5) is 0 Å². The Labute approximate surface area is 330 Å². The normalized spacial score (nSPS) is 11.9. The Morgan fingerprint density at radius 2 is 0.982 bits per heavy atom. The first-order valence-electron chi connectivity index (χ1n) is 18.9. The van der Waals surface area contributed by atoms with Gasteiger partial charge in [-0.05, 0) is 65.2 Å². The molecule has 0 aliphatic rings. The van der Waals surface area contributed by atoms with E-state index >= 15 is 0 Å². The smallest absolute Gasteiger partial charge is 0.165 e. The summed E-state index contributed by atoms with van der Waals surface area (Å²) < 4.78 is 15.2. The molecule has 0 unspecified atom stereocenters. The number of aromatic nitrogens is 3. The molecule has 4 heterocycles. The quantitative estimate of drug-likeness (QED) is 0.175. The van der Waals surface area contributed by atoms with Crippen LogP contribution in [0.25, 0.3) is 120 Å². The Kier molecular flexibility index (Phi) is 7.03. The lowest BCUT2D eigenvalue weighted by Crippen LogP contribution is -2.00. The van der Waals surface area contributed by atoms with Gasteiger partial charge in [-0.15, -0.1) is 11.3 Å². The number of furan rings is 2. The summed E-state index contributed by atoms with van der Waals surface area (Å²) in [4.78, 5) is 15.3. The maximum absolute atomic E-state index is 6.60. The van der Waals surface area contributed by atoms with Crippen LogP contribution in [0.15, 0.2) is 185 Å². The van der Waals surface area contributed by atoms with Crippen LogP contribution >= 0.6 is 11.3 Å². The fraction of sp³-hybridized carbons (Fsp3) is 0. The molecule has 57 heavy (non-hydrogen) atoms. The molecule has 0 N–H and O–H groups in total. The molecule has 266 valence electrons. The van der Waals surface area contributed by atoms with Gasteiger partial charge in [0.2, 0.25) is 0 Å². The van der Waals surface area contributed by atoms with Crippen LogP contribution in [0, 0.1) is 0 Å². The topological polar surface area (TPSA) is 65.0 Å². The average Bonchev–Trinajstić information content (AvgIpc) is 3.98. The molecule has 0 amide bonds. The summed E-state index contributed by atoms with van der Waals surface area (Å²) in [5.74, 6) is 1.84. The zero-order valence-electron chi connectivity index (χ0n) is 30.3. The van der Waals surface area contributed by atoms with Crippen molar-refractivity contribution in [2.75, 3.05) is 0 Å². The summed E-state index contributed by atoms with van der Waals surface area (Å²) in [7, 11) is 0. The minimum absolute atomic E-state index is 0.594. The minimum atomic E-state index is 0.594. The first-order chi connectivity index (χ1) is 28.2. The third-order valence-electron chi connectivity index (χ3n) is 11.0. The van der Waals surface area contributed by atoms with Gasteiger partial charge in [0.1, 0.15) is 22.3 Å². The van der Waals surface area contributed by atoms with E-state index in [1.54, 1.807) is 11.3 Å². The molecule has 8 aromatic carbocycles.